The molecule has 4 aromatic rings. The third-order valence-corrected chi connectivity index (χ3v) is 5.48. The monoisotopic (exact) mass is 427 g/mol. The first-order chi connectivity index (χ1) is 12.7. The third-order valence-electron chi connectivity index (χ3n) is 3.93. The quantitative estimate of drug-likeness (QED) is 0.451. The standard InChI is InChI=1S/C18H14BrN5OS/c1-24-16(11-3-6-13(25-2)7-4-11)22-23-18(24)26-17-14-9-12(19)5-8-15(14)20-10-21-17/h3-10H,1-2H3. The van der Waals surface area contributed by atoms with Crippen LogP contribution in [-0.2, 0) is 7.05 Å². The van der Waals surface area contributed by atoms with E-state index < -0.39 is 0 Å². The molecule has 0 radical (unpaired) electrons. The second kappa shape index (κ2) is 7.05. The van der Waals surface area contributed by atoms with E-state index in [0.29, 0.717) is 0 Å². The molecule has 2 aromatic heterocycles. The Bertz CT molecular complexity index is 1080. The van der Waals surface area contributed by atoms with Crippen LogP contribution >= 0.6 is 27.7 Å². The van der Waals surface area contributed by atoms with Crippen molar-refractivity contribution in [2.24, 2.45) is 7.05 Å². The molecule has 130 valence electrons. The number of rotatable bonds is 4. The predicted molar refractivity (Wildman–Crippen MR) is 104 cm³/mol. The molecular formula is C18H14BrN5OS. The molecule has 0 saturated heterocycles. The molecular weight excluding hydrogens is 414 g/mol. The average Bonchev–Trinajstić information content (AvgIpc) is 3.03. The molecule has 2 aromatic carbocycles. The molecule has 0 spiro atoms. The summed E-state index contributed by atoms with van der Waals surface area (Å²) >= 11 is 4.97. The van der Waals surface area contributed by atoms with Crippen LogP contribution in [0.1, 0.15) is 0 Å². The maximum atomic E-state index is 5.21. The maximum absolute atomic E-state index is 5.21. The second-order valence-electron chi connectivity index (χ2n) is 5.54. The largest absolute Gasteiger partial charge is 0.497 e. The summed E-state index contributed by atoms with van der Waals surface area (Å²) in [5, 5.41) is 11.2. The normalized spacial score (nSPS) is 11.0. The van der Waals surface area contributed by atoms with Crippen molar-refractivity contribution in [1.29, 1.82) is 0 Å². The van der Waals surface area contributed by atoms with E-state index in [-0.39, 0.29) is 0 Å². The number of methoxy groups -OCH3 is 1. The first-order valence-corrected chi connectivity index (χ1v) is 9.38. The van der Waals surface area contributed by atoms with Gasteiger partial charge in [0.1, 0.15) is 17.1 Å². The number of halogens is 1. The smallest absolute Gasteiger partial charge is 0.197 e. The first-order valence-electron chi connectivity index (χ1n) is 7.77. The Morgan fingerprint density at radius 3 is 2.62 bits per heavy atom. The molecule has 2 heterocycles. The van der Waals surface area contributed by atoms with Gasteiger partial charge in [0, 0.05) is 22.5 Å². The van der Waals surface area contributed by atoms with Crippen LogP contribution in [0, 0.1) is 0 Å². The van der Waals surface area contributed by atoms with Gasteiger partial charge in [-0.05, 0) is 54.2 Å². The highest BCUT2D eigenvalue weighted by Crippen LogP contribution is 2.32. The maximum Gasteiger partial charge on any atom is 0.197 e. The second-order valence-corrected chi connectivity index (χ2v) is 7.41. The van der Waals surface area contributed by atoms with Crippen molar-refractivity contribution in [1.82, 2.24) is 24.7 Å². The Morgan fingerprint density at radius 1 is 1.04 bits per heavy atom. The topological polar surface area (TPSA) is 65.7 Å². The molecule has 0 aliphatic rings. The Hall–Kier alpha value is -2.45. The minimum atomic E-state index is 0.760. The first kappa shape index (κ1) is 17.0. The lowest BCUT2D eigenvalue weighted by Gasteiger charge is -2.06. The number of ether oxygens (including phenoxy) is 1. The van der Waals surface area contributed by atoms with Gasteiger partial charge in [-0.1, -0.05) is 15.9 Å². The van der Waals surface area contributed by atoms with E-state index in [1.807, 2.05) is 54.1 Å². The lowest BCUT2D eigenvalue weighted by molar-refractivity contribution is 0.415. The number of benzene rings is 2. The molecule has 0 aliphatic heterocycles. The summed E-state index contributed by atoms with van der Waals surface area (Å²) in [7, 11) is 3.59. The molecule has 0 amide bonds. The Morgan fingerprint density at radius 2 is 1.85 bits per heavy atom. The van der Waals surface area contributed by atoms with Crippen molar-refractivity contribution >= 4 is 38.6 Å². The zero-order valence-electron chi connectivity index (χ0n) is 14.0. The molecule has 0 atom stereocenters. The molecule has 0 unspecified atom stereocenters. The lowest BCUT2D eigenvalue weighted by Crippen LogP contribution is -1.96. The van der Waals surface area contributed by atoms with Crippen LogP contribution in [-0.4, -0.2) is 31.8 Å². The highest BCUT2D eigenvalue weighted by Gasteiger charge is 2.14. The minimum Gasteiger partial charge on any atom is -0.497 e. The highest BCUT2D eigenvalue weighted by molar-refractivity contribution is 9.10. The van der Waals surface area contributed by atoms with Crippen LogP contribution in [0.15, 0.2) is 63.4 Å². The van der Waals surface area contributed by atoms with E-state index in [9.17, 15) is 0 Å². The van der Waals surface area contributed by atoms with Crippen LogP contribution in [0.2, 0.25) is 0 Å². The minimum absolute atomic E-state index is 0.760. The summed E-state index contributed by atoms with van der Waals surface area (Å²) in [6.07, 6.45) is 1.57. The molecule has 0 aliphatic carbocycles. The van der Waals surface area contributed by atoms with E-state index in [2.05, 4.69) is 36.1 Å². The van der Waals surface area contributed by atoms with Crippen LogP contribution in [0.4, 0.5) is 0 Å². The molecule has 26 heavy (non-hydrogen) atoms. The summed E-state index contributed by atoms with van der Waals surface area (Å²) in [4.78, 5) is 8.74. The summed E-state index contributed by atoms with van der Waals surface area (Å²) in [6.45, 7) is 0. The summed E-state index contributed by atoms with van der Waals surface area (Å²) in [6, 6.07) is 13.7. The molecule has 6 nitrogen and oxygen atoms in total. The van der Waals surface area contributed by atoms with Crippen molar-refractivity contribution in [2.45, 2.75) is 10.2 Å². The van der Waals surface area contributed by atoms with E-state index in [4.69, 9.17) is 4.74 Å². The van der Waals surface area contributed by atoms with E-state index >= 15 is 0 Å². The van der Waals surface area contributed by atoms with Crippen LogP contribution in [0.25, 0.3) is 22.3 Å². The molecule has 0 fully saturated rings. The summed E-state index contributed by atoms with van der Waals surface area (Å²) < 4.78 is 8.15. The van der Waals surface area contributed by atoms with Gasteiger partial charge in [-0.15, -0.1) is 10.2 Å². The van der Waals surface area contributed by atoms with Gasteiger partial charge in [-0.3, -0.25) is 0 Å². The van der Waals surface area contributed by atoms with E-state index in [1.54, 1.807) is 13.4 Å². The van der Waals surface area contributed by atoms with E-state index in [0.717, 1.165) is 42.7 Å². The van der Waals surface area contributed by atoms with Crippen LogP contribution in [0.5, 0.6) is 5.75 Å². The molecule has 0 bridgehead atoms. The summed E-state index contributed by atoms with van der Waals surface area (Å²) in [5.41, 5.74) is 1.87. The molecule has 0 saturated carbocycles. The van der Waals surface area contributed by atoms with Gasteiger partial charge < -0.3 is 9.30 Å². The van der Waals surface area contributed by atoms with Gasteiger partial charge in [0.15, 0.2) is 11.0 Å². The molecule has 0 N–H and O–H groups in total. The van der Waals surface area contributed by atoms with Crippen molar-refractivity contribution in [3.8, 4) is 17.1 Å². The Kier molecular flexibility index (Phi) is 4.60. The fourth-order valence-electron chi connectivity index (χ4n) is 2.57. The van der Waals surface area contributed by atoms with Crippen LogP contribution < -0.4 is 4.74 Å². The number of hydrogen-bond donors (Lipinski definition) is 0. The van der Waals surface area contributed by atoms with Crippen LogP contribution in [0.3, 0.4) is 0 Å². The van der Waals surface area contributed by atoms with Gasteiger partial charge in [0.25, 0.3) is 0 Å². The Labute approximate surface area is 162 Å². The van der Waals surface area contributed by atoms with Gasteiger partial charge in [-0.2, -0.15) is 0 Å². The van der Waals surface area contributed by atoms with Crippen molar-refractivity contribution in [2.75, 3.05) is 7.11 Å². The lowest BCUT2D eigenvalue weighted by atomic mass is 10.2. The Balaban J connectivity index is 1.70. The highest BCUT2D eigenvalue weighted by atomic mass is 79.9. The fourth-order valence-corrected chi connectivity index (χ4v) is 3.78. The average molecular weight is 428 g/mol. The third kappa shape index (κ3) is 3.17. The number of aromatic nitrogens is 5. The van der Waals surface area contributed by atoms with Crippen molar-refractivity contribution < 1.29 is 4.74 Å². The molecule has 8 heteroatoms. The summed E-state index contributed by atoms with van der Waals surface area (Å²) in [5.74, 6) is 1.60. The van der Waals surface area contributed by atoms with Gasteiger partial charge in [0.05, 0.1) is 12.6 Å². The van der Waals surface area contributed by atoms with Gasteiger partial charge >= 0.3 is 0 Å². The van der Waals surface area contributed by atoms with Gasteiger partial charge in [-0.25, -0.2) is 9.97 Å². The zero-order valence-corrected chi connectivity index (χ0v) is 16.5. The number of nitrogens with zero attached hydrogens (tertiary/aromatic N) is 5. The van der Waals surface area contributed by atoms with Gasteiger partial charge in [0.2, 0.25) is 0 Å². The zero-order chi connectivity index (χ0) is 18.1. The number of hydrogen-bond acceptors (Lipinski definition) is 6. The van der Waals surface area contributed by atoms with Crippen molar-refractivity contribution in [3.05, 3.63) is 53.3 Å². The SMILES string of the molecule is COc1ccc(-c2nnc(Sc3ncnc4ccc(Br)cc34)n2C)cc1. The van der Waals surface area contributed by atoms with Crippen molar-refractivity contribution in [3.63, 3.8) is 0 Å². The predicted octanol–water partition coefficient (Wildman–Crippen LogP) is 4.35. The fraction of sp³-hybridized carbons (Fsp3) is 0.111. The number of fused-ring (bicyclic) bond motifs is 1. The van der Waals surface area contributed by atoms with E-state index in [1.165, 1.54) is 11.8 Å². The molecule has 4 rings (SSSR count).